The Hall–Kier alpha value is -1.89. The highest BCUT2D eigenvalue weighted by Crippen LogP contribution is 2.64. The number of aliphatic hydroxyl groups excluding tert-OH is 1. The van der Waals surface area contributed by atoms with Gasteiger partial charge < -0.3 is 10.2 Å². The van der Waals surface area contributed by atoms with Gasteiger partial charge in [-0.25, -0.2) is 8.42 Å². The van der Waals surface area contributed by atoms with Crippen LogP contribution in [-0.4, -0.2) is 36.5 Å². The molecule has 1 aliphatic carbocycles. The van der Waals surface area contributed by atoms with Crippen molar-refractivity contribution in [1.82, 2.24) is 0 Å². The van der Waals surface area contributed by atoms with Crippen LogP contribution in [0.15, 0.2) is 59.5 Å². The predicted octanol–water partition coefficient (Wildman–Crippen LogP) is 2.34. The van der Waals surface area contributed by atoms with E-state index >= 15 is 0 Å². The summed E-state index contributed by atoms with van der Waals surface area (Å²) < 4.78 is 25.9. The van der Waals surface area contributed by atoms with Crippen molar-refractivity contribution in [2.24, 2.45) is 5.41 Å². The minimum Gasteiger partial charge on any atom is -0.481 e. The number of rotatable bonds is 5. The number of carboxylic acids is 1. The molecule has 1 fully saturated rings. The molecule has 126 valence electrons. The normalized spacial score (nSPS) is 26.1. The van der Waals surface area contributed by atoms with E-state index in [1.807, 2.05) is 0 Å². The molecule has 1 aliphatic rings. The molecule has 0 heterocycles. The van der Waals surface area contributed by atoms with Crippen molar-refractivity contribution in [3.05, 3.63) is 65.2 Å². The zero-order valence-electron chi connectivity index (χ0n) is 12.5. The molecule has 0 radical (unpaired) electrons. The topological polar surface area (TPSA) is 91.7 Å². The number of carbonyl (C=O) groups is 1. The molecule has 2 N–H and O–H groups in total. The van der Waals surface area contributed by atoms with Crippen molar-refractivity contribution in [3.63, 3.8) is 0 Å². The van der Waals surface area contributed by atoms with Gasteiger partial charge >= 0.3 is 5.97 Å². The fourth-order valence-corrected chi connectivity index (χ4v) is 5.76. The lowest BCUT2D eigenvalue weighted by molar-refractivity contribution is -0.145. The number of aliphatic hydroxyl groups is 1. The number of carboxylic acid groups (broad SMARTS) is 1. The molecule has 2 aromatic rings. The third-order valence-electron chi connectivity index (χ3n) is 4.55. The van der Waals surface area contributed by atoms with Gasteiger partial charge in [-0.1, -0.05) is 41.9 Å². The van der Waals surface area contributed by atoms with E-state index in [1.54, 1.807) is 30.3 Å². The highest BCUT2D eigenvalue weighted by molar-refractivity contribution is 7.92. The lowest BCUT2D eigenvalue weighted by atomic mass is 10.0. The Labute approximate surface area is 144 Å². The van der Waals surface area contributed by atoms with Crippen LogP contribution in [0, 0.1) is 5.41 Å². The van der Waals surface area contributed by atoms with Gasteiger partial charge in [-0.3, -0.25) is 4.79 Å². The molecule has 0 unspecified atom stereocenters. The second-order valence-corrected chi connectivity index (χ2v) is 8.32. The van der Waals surface area contributed by atoms with Crippen LogP contribution >= 0.6 is 11.6 Å². The molecular formula is C17H15ClO5S. The maximum Gasteiger partial charge on any atom is 0.314 e. The smallest absolute Gasteiger partial charge is 0.314 e. The van der Waals surface area contributed by atoms with E-state index < -0.39 is 39.0 Å². The fraction of sp³-hybridized carbons (Fsp3) is 0.235. The molecule has 0 amide bonds. The van der Waals surface area contributed by atoms with Crippen LogP contribution in [0.3, 0.4) is 0 Å². The Bertz CT molecular complexity index is 864. The van der Waals surface area contributed by atoms with Gasteiger partial charge in [0.25, 0.3) is 0 Å². The summed E-state index contributed by atoms with van der Waals surface area (Å²) in [4.78, 5) is 11.8. The van der Waals surface area contributed by atoms with Gasteiger partial charge in [0.1, 0.15) is 5.41 Å². The Balaban J connectivity index is 2.11. The summed E-state index contributed by atoms with van der Waals surface area (Å²) in [6, 6.07) is 14.1. The number of aliphatic carboxylic acids is 1. The van der Waals surface area contributed by atoms with Crippen LogP contribution in [0.2, 0.25) is 5.02 Å². The largest absolute Gasteiger partial charge is 0.481 e. The van der Waals surface area contributed by atoms with E-state index in [0.29, 0.717) is 10.6 Å². The lowest BCUT2D eigenvalue weighted by Crippen LogP contribution is -2.27. The van der Waals surface area contributed by atoms with Crippen molar-refractivity contribution in [1.29, 1.82) is 0 Å². The van der Waals surface area contributed by atoms with Gasteiger partial charge in [-0.05, 0) is 29.8 Å². The van der Waals surface area contributed by atoms with Crippen LogP contribution in [0.5, 0.6) is 0 Å². The van der Waals surface area contributed by atoms with E-state index in [9.17, 15) is 23.4 Å². The summed E-state index contributed by atoms with van der Waals surface area (Å²) in [6.45, 7) is -0.751. The SMILES string of the molecule is O=C(O)[C@]1(CO)[C@H](c2ccccc2)[C@H]1S(=O)(=O)c1ccc(Cl)cc1. The molecule has 5 nitrogen and oxygen atoms in total. The van der Waals surface area contributed by atoms with Gasteiger partial charge in [-0.2, -0.15) is 0 Å². The van der Waals surface area contributed by atoms with E-state index in [2.05, 4.69) is 0 Å². The van der Waals surface area contributed by atoms with Gasteiger partial charge in [0.15, 0.2) is 9.84 Å². The summed E-state index contributed by atoms with van der Waals surface area (Å²) in [5.74, 6) is -2.12. The first kappa shape index (κ1) is 17.0. The average molecular weight is 367 g/mol. The van der Waals surface area contributed by atoms with E-state index in [1.165, 1.54) is 24.3 Å². The second kappa shape index (κ2) is 5.88. The maximum atomic E-state index is 13.0. The van der Waals surface area contributed by atoms with Crippen molar-refractivity contribution in [3.8, 4) is 0 Å². The number of sulfone groups is 1. The van der Waals surface area contributed by atoms with Gasteiger partial charge in [-0.15, -0.1) is 0 Å². The molecule has 2 aromatic carbocycles. The molecule has 3 atom stereocenters. The first-order valence-corrected chi connectivity index (χ1v) is 9.17. The molecule has 0 aliphatic heterocycles. The van der Waals surface area contributed by atoms with Crippen LogP contribution in [-0.2, 0) is 14.6 Å². The van der Waals surface area contributed by atoms with E-state index in [-0.39, 0.29) is 4.90 Å². The summed E-state index contributed by atoms with van der Waals surface area (Å²) >= 11 is 5.79. The number of hydrogen-bond donors (Lipinski definition) is 2. The third kappa shape index (κ3) is 2.42. The van der Waals surface area contributed by atoms with Crippen molar-refractivity contribution in [2.75, 3.05) is 6.61 Å². The minimum absolute atomic E-state index is 0.00518. The summed E-state index contributed by atoms with van der Waals surface area (Å²) in [7, 11) is -3.94. The molecule has 0 saturated heterocycles. The second-order valence-electron chi connectivity index (χ2n) is 5.81. The molecule has 3 rings (SSSR count). The Kier molecular flexibility index (Phi) is 4.15. The summed E-state index contributed by atoms with van der Waals surface area (Å²) in [6.07, 6.45) is 0. The Morgan fingerprint density at radius 1 is 1.08 bits per heavy atom. The maximum absolute atomic E-state index is 13.0. The zero-order valence-corrected chi connectivity index (χ0v) is 14.0. The van der Waals surface area contributed by atoms with Gasteiger partial charge in [0, 0.05) is 10.9 Å². The average Bonchev–Trinajstić information content (AvgIpc) is 3.28. The molecular weight excluding hydrogens is 352 g/mol. The summed E-state index contributed by atoms with van der Waals surface area (Å²) in [5.41, 5.74) is -1.16. The molecule has 7 heteroatoms. The highest BCUT2D eigenvalue weighted by Gasteiger charge is 2.75. The third-order valence-corrected chi connectivity index (χ3v) is 7.09. The molecule has 0 spiro atoms. The highest BCUT2D eigenvalue weighted by atomic mass is 35.5. The van der Waals surface area contributed by atoms with E-state index in [0.717, 1.165) is 0 Å². The van der Waals surface area contributed by atoms with Crippen LogP contribution < -0.4 is 0 Å². The molecule has 24 heavy (non-hydrogen) atoms. The summed E-state index contributed by atoms with van der Waals surface area (Å²) in [5, 5.41) is 18.5. The van der Waals surface area contributed by atoms with Crippen molar-refractivity contribution >= 4 is 27.4 Å². The van der Waals surface area contributed by atoms with Crippen molar-refractivity contribution < 1.29 is 23.4 Å². The lowest BCUT2D eigenvalue weighted by Gasteiger charge is -2.09. The van der Waals surface area contributed by atoms with Crippen molar-refractivity contribution in [2.45, 2.75) is 16.1 Å². The predicted molar refractivity (Wildman–Crippen MR) is 88.8 cm³/mol. The number of halogens is 1. The fourth-order valence-electron chi connectivity index (χ4n) is 3.27. The number of hydrogen-bond acceptors (Lipinski definition) is 4. The zero-order chi connectivity index (χ0) is 17.5. The van der Waals surface area contributed by atoms with Crippen LogP contribution in [0.1, 0.15) is 11.5 Å². The van der Waals surface area contributed by atoms with Gasteiger partial charge in [0.2, 0.25) is 0 Å². The Morgan fingerprint density at radius 2 is 1.67 bits per heavy atom. The standard InChI is InChI=1S/C17H15ClO5S/c18-12-6-8-13(9-7-12)24(22,23)15-14(11-4-2-1-3-5-11)17(15,10-19)16(20)21/h1-9,14-15,19H,10H2,(H,20,21)/t14-,15-,17-/m1/s1. The van der Waals surface area contributed by atoms with Crippen LogP contribution in [0.4, 0.5) is 0 Å². The first-order chi connectivity index (χ1) is 11.4. The Morgan fingerprint density at radius 3 is 2.17 bits per heavy atom. The van der Waals surface area contributed by atoms with E-state index in [4.69, 9.17) is 11.6 Å². The number of benzene rings is 2. The minimum atomic E-state index is -3.94. The van der Waals surface area contributed by atoms with Crippen LogP contribution in [0.25, 0.3) is 0 Å². The monoisotopic (exact) mass is 366 g/mol. The first-order valence-electron chi connectivity index (χ1n) is 7.24. The van der Waals surface area contributed by atoms with Gasteiger partial charge in [0.05, 0.1) is 16.8 Å². The quantitative estimate of drug-likeness (QED) is 0.847. The molecule has 0 aromatic heterocycles. The molecule has 0 bridgehead atoms. The molecule has 1 saturated carbocycles.